The number of fused-ring (bicyclic) bond motifs is 1. The van der Waals surface area contributed by atoms with E-state index in [1.54, 1.807) is 17.0 Å². The van der Waals surface area contributed by atoms with Crippen molar-refractivity contribution in [3.63, 3.8) is 0 Å². The first-order chi connectivity index (χ1) is 11.9. The Hall–Kier alpha value is -1.62. The van der Waals surface area contributed by atoms with E-state index < -0.39 is 5.41 Å². The number of rotatable bonds is 5. The fourth-order valence-corrected chi connectivity index (χ4v) is 3.72. The zero-order chi connectivity index (χ0) is 18.2. The lowest BCUT2D eigenvalue weighted by atomic mass is 9.86. The lowest BCUT2D eigenvalue weighted by molar-refractivity contribution is -0.122. The Labute approximate surface area is 164 Å². The molecule has 2 aromatic rings. The molecule has 2 aromatic carbocycles. The van der Waals surface area contributed by atoms with Crippen LogP contribution >= 0.6 is 24.0 Å². The lowest BCUT2D eigenvalue weighted by Gasteiger charge is -2.30. The van der Waals surface area contributed by atoms with Gasteiger partial charge in [0.15, 0.2) is 0 Å². The maximum absolute atomic E-state index is 14.7. The van der Waals surface area contributed by atoms with Gasteiger partial charge in [0.1, 0.15) is 5.82 Å². The Kier molecular flexibility index (Phi) is 6.33. The van der Waals surface area contributed by atoms with Gasteiger partial charge >= 0.3 is 0 Å². The van der Waals surface area contributed by atoms with E-state index in [4.69, 9.17) is 11.6 Å². The second-order valence-corrected chi connectivity index (χ2v) is 7.34. The van der Waals surface area contributed by atoms with Crippen LogP contribution in [0.3, 0.4) is 0 Å². The first kappa shape index (κ1) is 20.7. The number of para-hydroxylation sites is 1. The molecule has 140 valence electrons. The van der Waals surface area contributed by atoms with Crippen molar-refractivity contribution >= 4 is 35.6 Å². The van der Waals surface area contributed by atoms with Crippen LogP contribution in [0.5, 0.6) is 0 Å². The number of amides is 1. The zero-order valence-corrected chi connectivity index (χ0v) is 16.6. The quantitative estimate of drug-likeness (QED) is 0.780. The highest BCUT2D eigenvalue weighted by Gasteiger charge is 2.47. The summed E-state index contributed by atoms with van der Waals surface area (Å²) in [4.78, 5) is 14.8. The predicted molar refractivity (Wildman–Crippen MR) is 107 cm³/mol. The fourth-order valence-electron chi connectivity index (χ4n) is 3.52. The lowest BCUT2D eigenvalue weighted by Crippen LogP contribution is -2.39. The summed E-state index contributed by atoms with van der Waals surface area (Å²) in [5.74, 6) is -0.457. The Morgan fingerprint density at radius 3 is 2.58 bits per heavy atom. The molecule has 0 fully saturated rings. The van der Waals surface area contributed by atoms with Crippen LogP contribution in [0, 0.1) is 5.82 Å². The van der Waals surface area contributed by atoms with Gasteiger partial charge in [-0.3, -0.25) is 4.79 Å². The molecule has 0 saturated carbocycles. The molecule has 0 radical (unpaired) electrons. The first-order valence-corrected chi connectivity index (χ1v) is 8.78. The molecule has 3 nitrogen and oxygen atoms in total. The molecular formula is C20H23Cl2FN2O. The Morgan fingerprint density at radius 1 is 1.23 bits per heavy atom. The van der Waals surface area contributed by atoms with Gasteiger partial charge in [0.2, 0.25) is 5.91 Å². The van der Waals surface area contributed by atoms with Crippen molar-refractivity contribution in [2.45, 2.75) is 31.7 Å². The normalized spacial score (nSPS) is 16.2. The molecule has 6 heteroatoms. The van der Waals surface area contributed by atoms with Crippen molar-refractivity contribution in [1.29, 1.82) is 0 Å². The number of benzene rings is 2. The van der Waals surface area contributed by atoms with E-state index >= 15 is 0 Å². The number of nitrogens with one attached hydrogen (secondary N) is 1. The highest BCUT2D eigenvalue weighted by atomic mass is 35.5. The number of hydrogen-bond donors (Lipinski definition) is 1. The van der Waals surface area contributed by atoms with Gasteiger partial charge in [-0.1, -0.05) is 35.9 Å². The minimum atomic E-state index is -0.756. The van der Waals surface area contributed by atoms with E-state index in [9.17, 15) is 9.18 Å². The maximum Gasteiger partial charge on any atom is 0.237 e. The fraction of sp³-hybridized carbons (Fsp3) is 0.350. The number of hydrogen-bond acceptors (Lipinski definition) is 2. The van der Waals surface area contributed by atoms with Crippen LogP contribution in [0.25, 0.3) is 0 Å². The van der Waals surface area contributed by atoms with Gasteiger partial charge in [-0.15, -0.1) is 12.4 Å². The summed E-state index contributed by atoms with van der Waals surface area (Å²) >= 11 is 6.16. The number of halogens is 3. The molecule has 0 saturated heterocycles. The summed E-state index contributed by atoms with van der Waals surface area (Å²) in [5.41, 5.74) is 1.27. The summed E-state index contributed by atoms with van der Waals surface area (Å²) < 4.78 is 14.7. The molecule has 3 rings (SSSR count). The van der Waals surface area contributed by atoms with E-state index in [1.807, 2.05) is 45.2 Å². The van der Waals surface area contributed by atoms with Gasteiger partial charge in [0.25, 0.3) is 0 Å². The average Bonchev–Trinajstić information content (AvgIpc) is 2.78. The molecule has 1 aliphatic heterocycles. The van der Waals surface area contributed by atoms with Crippen molar-refractivity contribution in [1.82, 2.24) is 5.32 Å². The second-order valence-electron chi connectivity index (χ2n) is 6.90. The van der Waals surface area contributed by atoms with Crippen molar-refractivity contribution in [3.05, 3.63) is 64.4 Å². The monoisotopic (exact) mass is 396 g/mol. The minimum Gasteiger partial charge on any atom is -0.320 e. The Bertz CT molecular complexity index is 810. The molecule has 0 aromatic heterocycles. The molecule has 1 heterocycles. The van der Waals surface area contributed by atoms with Crippen LogP contribution < -0.4 is 10.2 Å². The summed E-state index contributed by atoms with van der Waals surface area (Å²) in [6, 6.07) is 12.1. The van der Waals surface area contributed by atoms with Crippen LogP contribution in [0.1, 0.15) is 37.4 Å². The standard InChI is InChI=1S/C20H22ClFN2O.ClH/c1-20(2)15-8-5-9-16(22)18(15)24(19(20)25)17(10-11-23-3)13-6-4-7-14(21)12-13;/h4-9,12,17,23H,10-11H2,1-3H3;1H/t17-;/m1./s1. The highest BCUT2D eigenvalue weighted by molar-refractivity contribution is 6.30. The molecule has 1 N–H and O–H groups in total. The van der Waals surface area contributed by atoms with Crippen molar-refractivity contribution in [2.24, 2.45) is 0 Å². The molecular weight excluding hydrogens is 374 g/mol. The largest absolute Gasteiger partial charge is 0.320 e. The van der Waals surface area contributed by atoms with Crippen LogP contribution in [-0.2, 0) is 10.2 Å². The highest BCUT2D eigenvalue weighted by Crippen LogP contribution is 2.47. The van der Waals surface area contributed by atoms with Crippen molar-refractivity contribution < 1.29 is 9.18 Å². The van der Waals surface area contributed by atoms with Crippen molar-refractivity contribution in [3.8, 4) is 0 Å². The summed E-state index contributed by atoms with van der Waals surface area (Å²) in [5, 5.41) is 3.72. The maximum atomic E-state index is 14.7. The molecule has 1 atom stereocenters. The van der Waals surface area contributed by atoms with Gasteiger partial charge < -0.3 is 10.2 Å². The van der Waals surface area contributed by atoms with E-state index in [-0.39, 0.29) is 30.2 Å². The average molecular weight is 397 g/mol. The summed E-state index contributed by atoms with van der Waals surface area (Å²) in [6.45, 7) is 4.40. The zero-order valence-electron chi connectivity index (χ0n) is 15.1. The van der Waals surface area contributed by atoms with Crippen molar-refractivity contribution in [2.75, 3.05) is 18.5 Å². The Balaban J connectivity index is 0.00000243. The second kappa shape index (κ2) is 7.95. The minimum absolute atomic E-state index is 0. The third-order valence-electron chi connectivity index (χ3n) is 4.87. The van der Waals surface area contributed by atoms with E-state index in [0.29, 0.717) is 23.7 Å². The molecule has 1 aliphatic rings. The molecule has 0 aliphatic carbocycles. The molecule has 1 amide bonds. The van der Waals surface area contributed by atoms with Crippen LogP contribution in [0.15, 0.2) is 42.5 Å². The van der Waals surface area contributed by atoms with Gasteiger partial charge in [0, 0.05) is 5.02 Å². The SMILES string of the molecule is CNCC[C@H](c1cccc(Cl)c1)N1C(=O)C(C)(C)c2cccc(F)c21.Cl. The third-order valence-corrected chi connectivity index (χ3v) is 5.10. The Morgan fingerprint density at radius 2 is 1.92 bits per heavy atom. The molecule has 0 bridgehead atoms. The first-order valence-electron chi connectivity index (χ1n) is 8.40. The molecule has 0 spiro atoms. The van der Waals surface area contributed by atoms with Gasteiger partial charge in [0.05, 0.1) is 17.1 Å². The van der Waals surface area contributed by atoms with E-state index in [1.165, 1.54) is 6.07 Å². The topological polar surface area (TPSA) is 32.3 Å². The van der Waals surface area contributed by atoms with E-state index in [2.05, 4.69) is 5.32 Å². The van der Waals surface area contributed by atoms with Crippen LogP contribution in [-0.4, -0.2) is 19.5 Å². The van der Waals surface area contributed by atoms with Gasteiger partial charge in [-0.2, -0.15) is 0 Å². The van der Waals surface area contributed by atoms with E-state index in [0.717, 1.165) is 11.1 Å². The molecule has 0 unspecified atom stereocenters. The number of carbonyl (C=O) groups is 1. The van der Waals surface area contributed by atoms with Crippen LogP contribution in [0.4, 0.5) is 10.1 Å². The number of carbonyl (C=O) groups excluding carboxylic acids is 1. The number of anilines is 1. The summed E-state index contributed by atoms with van der Waals surface area (Å²) in [6.07, 6.45) is 0.659. The smallest absolute Gasteiger partial charge is 0.237 e. The summed E-state index contributed by atoms with van der Waals surface area (Å²) in [7, 11) is 1.86. The van der Waals surface area contributed by atoms with Gasteiger partial charge in [-0.25, -0.2) is 4.39 Å². The molecule has 26 heavy (non-hydrogen) atoms. The van der Waals surface area contributed by atoms with Gasteiger partial charge in [-0.05, 0) is 63.2 Å². The third kappa shape index (κ3) is 3.46. The predicted octanol–water partition coefficient (Wildman–Crippen LogP) is 4.88. The number of nitrogens with zero attached hydrogens (tertiary/aromatic N) is 1. The van der Waals surface area contributed by atoms with Crippen LogP contribution in [0.2, 0.25) is 5.02 Å².